The lowest BCUT2D eigenvalue weighted by Gasteiger charge is -2.19. The second-order valence-corrected chi connectivity index (χ2v) is 2.57. The molecule has 0 bridgehead atoms. The Balaban J connectivity index is 2.66. The smallest absolute Gasteiger partial charge is 0.268 e. The maximum absolute atomic E-state index is 11.0. The first-order valence-corrected chi connectivity index (χ1v) is 3.91. The number of nitrogens with two attached hydrogens (primary N) is 1. The second kappa shape index (κ2) is 3.96. The van der Waals surface area contributed by atoms with Crippen LogP contribution in [0.4, 0.5) is 0 Å². The molecule has 68 valence electrons. The van der Waals surface area contributed by atoms with Gasteiger partial charge in [0.2, 0.25) is 0 Å². The molecule has 1 saturated heterocycles. The van der Waals surface area contributed by atoms with E-state index in [1.165, 1.54) is 0 Å². The maximum Gasteiger partial charge on any atom is 0.268 e. The number of amides is 1. The molecule has 1 aliphatic heterocycles. The van der Waals surface area contributed by atoms with E-state index in [0.717, 1.165) is 18.8 Å². The van der Waals surface area contributed by atoms with Gasteiger partial charge in [-0.15, -0.1) is 0 Å². The number of piperazine rings is 1. The highest BCUT2D eigenvalue weighted by atomic mass is 16.1. The van der Waals surface area contributed by atoms with Crippen LogP contribution in [0.25, 0.3) is 0 Å². The molecule has 1 amide bonds. The molecule has 0 atom stereocenters. The van der Waals surface area contributed by atoms with Gasteiger partial charge in [0.05, 0.1) is 5.70 Å². The highest BCUT2D eigenvalue weighted by molar-refractivity contribution is 5.92. The van der Waals surface area contributed by atoms with Gasteiger partial charge in [-0.1, -0.05) is 0 Å². The van der Waals surface area contributed by atoms with Gasteiger partial charge >= 0.3 is 0 Å². The van der Waals surface area contributed by atoms with Crippen molar-refractivity contribution in [3.8, 4) is 0 Å². The van der Waals surface area contributed by atoms with E-state index in [1.54, 1.807) is 7.05 Å². The van der Waals surface area contributed by atoms with Crippen LogP contribution in [0.3, 0.4) is 0 Å². The molecule has 0 aromatic rings. The van der Waals surface area contributed by atoms with Crippen molar-refractivity contribution in [1.82, 2.24) is 16.0 Å². The fraction of sp³-hybridized carbons (Fsp3) is 0.571. The van der Waals surface area contributed by atoms with Gasteiger partial charge in [-0.05, 0) is 0 Å². The van der Waals surface area contributed by atoms with E-state index in [2.05, 4.69) is 16.0 Å². The van der Waals surface area contributed by atoms with Gasteiger partial charge in [0.15, 0.2) is 0 Å². The molecule has 0 aromatic heterocycles. The SMILES string of the molecule is CNC(=O)/C(N)=C1\CNCCN1. The zero-order chi connectivity index (χ0) is 8.97. The Kier molecular flexibility index (Phi) is 2.93. The lowest BCUT2D eigenvalue weighted by atomic mass is 10.2. The van der Waals surface area contributed by atoms with Crippen molar-refractivity contribution in [1.29, 1.82) is 0 Å². The molecule has 0 spiro atoms. The van der Waals surface area contributed by atoms with Crippen LogP contribution in [0.1, 0.15) is 0 Å². The molecular weight excluding hydrogens is 156 g/mol. The number of hydrogen-bond acceptors (Lipinski definition) is 4. The minimum absolute atomic E-state index is 0.235. The van der Waals surface area contributed by atoms with Crippen LogP contribution in [0.5, 0.6) is 0 Å². The highest BCUT2D eigenvalue weighted by Crippen LogP contribution is 1.96. The topological polar surface area (TPSA) is 79.2 Å². The van der Waals surface area contributed by atoms with E-state index in [1.807, 2.05) is 0 Å². The second-order valence-electron chi connectivity index (χ2n) is 2.57. The molecule has 5 nitrogen and oxygen atoms in total. The van der Waals surface area contributed by atoms with Crippen LogP contribution >= 0.6 is 0 Å². The standard InChI is InChI=1S/C7H14N4O/c1-9-7(12)6(8)5-4-10-2-3-11-5/h10-11H,2-4,8H2,1H3,(H,9,12)/b6-5-. The first-order chi connectivity index (χ1) is 5.75. The summed E-state index contributed by atoms with van der Waals surface area (Å²) in [4.78, 5) is 11.0. The molecule has 1 heterocycles. The minimum Gasteiger partial charge on any atom is -0.393 e. The number of carbonyl (C=O) groups is 1. The molecule has 1 rings (SSSR count). The summed E-state index contributed by atoms with van der Waals surface area (Å²) < 4.78 is 0. The minimum atomic E-state index is -0.235. The van der Waals surface area contributed by atoms with E-state index in [9.17, 15) is 4.79 Å². The van der Waals surface area contributed by atoms with E-state index in [0.29, 0.717) is 6.54 Å². The summed E-state index contributed by atoms with van der Waals surface area (Å²) in [6.45, 7) is 2.36. The zero-order valence-electron chi connectivity index (χ0n) is 7.11. The third-order valence-corrected chi connectivity index (χ3v) is 1.74. The summed E-state index contributed by atoms with van der Waals surface area (Å²) in [5.41, 5.74) is 6.61. The van der Waals surface area contributed by atoms with Gasteiger partial charge in [-0.3, -0.25) is 4.79 Å². The third-order valence-electron chi connectivity index (χ3n) is 1.74. The van der Waals surface area contributed by atoms with Gasteiger partial charge in [0.1, 0.15) is 5.70 Å². The van der Waals surface area contributed by atoms with Crippen LogP contribution in [-0.4, -0.2) is 32.6 Å². The Morgan fingerprint density at radius 2 is 2.33 bits per heavy atom. The number of nitrogens with one attached hydrogen (secondary N) is 3. The maximum atomic E-state index is 11.0. The van der Waals surface area contributed by atoms with Gasteiger partial charge in [0.25, 0.3) is 5.91 Å². The van der Waals surface area contributed by atoms with Crippen molar-refractivity contribution >= 4 is 5.91 Å². The van der Waals surface area contributed by atoms with Gasteiger partial charge < -0.3 is 21.7 Å². The molecule has 5 N–H and O–H groups in total. The normalized spacial score (nSPS) is 21.1. The number of likely N-dealkylation sites (N-methyl/N-ethyl adjacent to an activating group) is 1. The molecule has 0 saturated carbocycles. The van der Waals surface area contributed by atoms with Crippen molar-refractivity contribution in [2.45, 2.75) is 0 Å². The molecule has 12 heavy (non-hydrogen) atoms. The first kappa shape index (κ1) is 8.86. The van der Waals surface area contributed by atoms with Crippen LogP contribution < -0.4 is 21.7 Å². The Morgan fingerprint density at radius 1 is 1.58 bits per heavy atom. The van der Waals surface area contributed by atoms with E-state index < -0.39 is 0 Å². The Bertz CT molecular complexity index is 203. The van der Waals surface area contributed by atoms with Crippen LogP contribution in [0, 0.1) is 0 Å². The lowest BCUT2D eigenvalue weighted by molar-refractivity contribution is -0.117. The van der Waals surface area contributed by atoms with Crippen molar-refractivity contribution < 1.29 is 4.79 Å². The van der Waals surface area contributed by atoms with Crippen molar-refractivity contribution in [3.05, 3.63) is 11.4 Å². The predicted octanol–water partition coefficient (Wildman–Crippen LogP) is -1.90. The van der Waals surface area contributed by atoms with E-state index >= 15 is 0 Å². The van der Waals surface area contributed by atoms with Crippen molar-refractivity contribution in [3.63, 3.8) is 0 Å². The highest BCUT2D eigenvalue weighted by Gasteiger charge is 2.12. The summed E-state index contributed by atoms with van der Waals surface area (Å²) >= 11 is 0. The molecule has 0 unspecified atom stereocenters. The molecule has 1 fully saturated rings. The quantitative estimate of drug-likeness (QED) is 0.346. The molecular formula is C7H14N4O. The fourth-order valence-corrected chi connectivity index (χ4v) is 1.04. The summed E-state index contributed by atoms with van der Waals surface area (Å²) in [6, 6.07) is 0. The number of carbonyl (C=O) groups excluding carboxylic acids is 1. The molecule has 0 aromatic carbocycles. The van der Waals surface area contributed by atoms with Gasteiger partial charge in [-0.2, -0.15) is 0 Å². The summed E-state index contributed by atoms with van der Waals surface area (Å²) in [6.07, 6.45) is 0. The molecule has 1 aliphatic rings. The van der Waals surface area contributed by atoms with Crippen LogP contribution in [0.15, 0.2) is 11.4 Å². The van der Waals surface area contributed by atoms with E-state index in [-0.39, 0.29) is 11.6 Å². The molecule has 0 radical (unpaired) electrons. The molecule has 0 aliphatic carbocycles. The molecule has 5 heteroatoms. The Hall–Kier alpha value is -1.23. The number of rotatable bonds is 1. The van der Waals surface area contributed by atoms with Crippen LogP contribution in [0.2, 0.25) is 0 Å². The Morgan fingerprint density at radius 3 is 2.83 bits per heavy atom. The summed E-state index contributed by atoms with van der Waals surface area (Å²) in [5, 5.41) is 8.65. The van der Waals surface area contributed by atoms with Crippen molar-refractivity contribution in [2.75, 3.05) is 26.7 Å². The third kappa shape index (κ3) is 1.88. The van der Waals surface area contributed by atoms with Crippen LogP contribution in [-0.2, 0) is 4.79 Å². The largest absolute Gasteiger partial charge is 0.393 e. The van der Waals surface area contributed by atoms with Gasteiger partial charge in [0, 0.05) is 26.7 Å². The zero-order valence-corrected chi connectivity index (χ0v) is 7.11. The predicted molar refractivity (Wildman–Crippen MR) is 46.2 cm³/mol. The lowest BCUT2D eigenvalue weighted by Crippen LogP contribution is -2.42. The number of hydrogen-bond donors (Lipinski definition) is 4. The average molecular weight is 170 g/mol. The average Bonchev–Trinajstić information content (AvgIpc) is 2.17. The monoisotopic (exact) mass is 170 g/mol. The summed E-state index contributed by atoms with van der Waals surface area (Å²) in [7, 11) is 1.56. The summed E-state index contributed by atoms with van der Waals surface area (Å²) in [5.74, 6) is -0.235. The first-order valence-electron chi connectivity index (χ1n) is 3.91. The Labute approximate surface area is 71.4 Å². The van der Waals surface area contributed by atoms with E-state index in [4.69, 9.17) is 5.73 Å². The fourth-order valence-electron chi connectivity index (χ4n) is 1.04. The van der Waals surface area contributed by atoms with Gasteiger partial charge in [-0.25, -0.2) is 0 Å². The van der Waals surface area contributed by atoms with Crippen molar-refractivity contribution in [2.24, 2.45) is 5.73 Å².